The van der Waals surface area contributed by atoms with Crippen LogP contribution in [0.1, 0.15) is 29.0 Å². The van der Waals surface area contributed by atoms with Gasteiger partial charge in [-0.15, -0.1) is 11.3 Å². The van der Waals surface area contributed by atoms with Crippen LogP contribution in [-0.2, 0) is 6.54 Å². The predicted octanol–water partition coefficient (Wildman–Crippen LogP) is 2.08. The number of rotatable bonds is 2. The summed E-state index contributed by atoms with van der Waals surface area (Å²) in [5.41, 5.74) is 0. The van der Waals surface area contributed by atoms with Gasteiger partial charge in [0.1, 0.15) is 6.61 Å². The molecule has 3 rings (SSSR count). The summed E-state index contributed by atoms with van der Waals surface area (Å²) < 4.78 is 0. The number of aliphatic hydroxyl groups is 1. The SMILES string of the molecule is OCC#Cc1ccc(CN2CC3CCC2C3)s1. The Morgan fingerprint density at radius 3 is 3.06 bits per heavy atom. The lowest BCUT2D eigenvalue weighted by atomic mass is 10.1. The summed E-state index contributed by atoms with van der Waals surface area (Å²) >= 11 is 1.76. The fourth-order valence-corrected chi connectivity index (χ4v) is 3.99. The van der Waals surface area contributed by atoms with Gasteiger partial charge >= 0.3 is 0 Å². The van der Waals surface area contributed by atoms with Gasteiger partial charge in [0.05, 0.1) is 4.88 Å². The van der Waals surface area contributed by atoms with Crippen molar-refractivity contribution in [1.29, 1.82) is 0 Å². The van der Waals surface area contributed by atoms with Crippen LogP contribution < -0.4 is 0 Å². The van der Waals surface area contributed by atoms with Crippen molar-refractivity contribution in [2.75, 3.05) is 13.2 Å². The molecule has 0 radical (unpaired) electrons. The minimum absolute atomic E-state index is 0.0525. The van der Waals surface area contributed by atoms with Crippen LogP contribution in [0.3, 0.4) is 0 Å². The summed E-state index contributed by atoms with van der Waals surface area (Å²) in [5.74, 6) is 6.64. The number of likely N-dealkylation sites (tertiary alicyclic amines) is 1. The quantitative estimate of drug-likeness (QED) is 0.809. The molecular formula is C14H17NOS. The molecule has 2 unspecified atom stereocenters. The summed E-state index contributed by atoms with van der Waals surface area (Å²) in [7, 11) is 0. The zero-order valence-corrected chi connectivity index (χ0v) is 10.7. The van der Waals surface area contributed by atoms with E-state index in [1.807, 2.05) is 0 Å². The molecule has 1 aliphatic heterocycles. The molecule has 1 aliphatic carbocycles. The molecule has 0 aromatic carbocycles. The van der Waals surface area contributed by atoms with Crippen LogP contribution in [0, 0.1) is 17.8 Å². The maximum Gasteiger partial charge on any atom is 0.104 e. The number of aliphatic hydroxyl groups excluding tert-OH is 1. The summed E-state index contributed by atoms with van der Waals surface area (Å²) in [5, 5.41) is 8.66. The van der Waals surface area contributed by atoms with Crippen LogP contribution in [-0.4, -0.2) is 29.2 Å². The Kier molecular flexibility index (Phi) is 3.19. The number of fused-ring (bicyclic) bond motifs is 2. The second kappa shape index (κ2) is 4.81. The first-order chi connectivity index (χ1) is 8.35. The largest absolute Gasteiger partial charge is 0.384 e. The molecule has 17 heavy (non-hydrogen) atoms. The first-order valence-corrected chi connectivity index (χ1v) is 7.09. The van der Waals surface area contributed by atoms with Crippen LogP contribution in [0.2, 0.25) is 0 Å². The van der Waals surface area contributed by atoms with Crippen molar-refractivity contribution < 1.29 is 5.11 Å². The molecule has 1 aromatic heterocycles. The van der Waals surface area contributed by atoms with E-state index < -0.39 is 0 Å². The van der Waals surface area contributed by atoms with E-state index in [1.54, 1.807) is 11.3 Å². The van der Waals surface area contributed by atoms with Crippen LogP contribution in [0.25, 0.3) is 0 Å². The van der Waals surface area contributed by atoms with Gasteiger partial charge in [-0.2, -0.15) is 0 Å². The smallest absolute Gasteiger partial charge is 0.104 e. The third-order valence-electron chi connectivity index (χ3n) is 3.83. The maximum atomic E-state index is 8.66. The lowest BCUT2D eigenvalue weighted by molar-refractivity contribution is 0.207. The highest BCUT2D eigenvalue weighted by Crippen LogP contribution is 2.38. The Hall–Kier alpha value is -0.820. The molecule has 1 saturated carbocycles. The van der Waals surface area contributed by atoms with E-state index in [0.29, 0.717) is 0 Å². The number of nitrogens with zero attached hydrogens (tertiary/aromatic N) is 1. The van der Waals surface area contributed by atoms with Crippen molar-refractivity contribution in [3.63, 3.8) is 0 Å². The van der Waals surface area contributed by atoms with Gasteiger partial charge in [0.15, 0.2) is 0 Å². The van der Waals surface area contributed by atoms with Gasteiger partial charge in [-0.3, -0.25) is 4.90 Å². The average molecular weight is 247 g/mol. The standard InChI is InChI=1S/C14H17NOS/c16-7-1-2-13-5-6-14(17-13)10-15-9-11-3-4-12(15)8-11/h5-6,11-12,16H,3-4,7-10H2. The molecule has 2 aliphatic rings. The van der Waals surface area contributed by atoms with Gasteiger partial charge < -0.3 is 5.11 Å². The summed E-state index contributed by atoms with van der Waals surface area (Å²) in [6, 6.07) is 5.09. The van der Waals surface area contributed by atoms with Gasteiger partial charge in [0.25, 0.3) is 0 Å². The molecule has 2 atom stereocenters. The second-order valence-electron chi connectivity index (χ2n) is 4.99. The van der Waals surface area contributed by atoms with E-state index in [0.717, 1.165) is 23.4 Å². The molecule has 90 valence electrons. The minimum atomic E-state index is -0.0525. The van der Waals surface area contributed by atoms with Crippen molar-refractivity contribution in [2.45, 2.75) is 31.8 Å². The Balaban J connectivity index is 1.63. The van der Waals surface area contributed by atoms with E-state index in [2.05, 4.69) is 28.9 Å². The summed E-state index contributed by atoms with van der Waals surface area (Å²) in [6.07, 6.45) is 4.26. The van der Waals surface area contributed by atoms with E-state index in [1.165, 1.54) is 30.7 Å². The van der Waals surface area contributed by atoms with Gasteiger partial charge in [0, 0.05) is 24.0 Å². The number of hydrogen-bond acceptors (Lipinski definition) is 3. The average Bonchev–Trinajstić information content (AvgIpc) is 3.02. The van der Waals surface area contributed by atoms with Gasteiger partial charge in [-0.05, 0) is 37.3 Å². The lowest BCUT2D eigenvalue weighted by Gasteiger charge is -2.25. The molecule has 1 aromatic rings. The van der Waals surface area contributed by atoms with Crippen molar-refractivity contribution in [3.05, 3.63) is 21.9 Å². The van der Waals surface area contributed by atoms with Gasteiger partial charge in [-0.25, -0.2) is 0 Å². The number of hydrogen-bond donors (Lipinski definition) is 1. The first-order valence-electron chi connectivity index (χ1n) is 6.27. The molecule has 2 fully saturated rings. The van der Waals surface area contributed by atoms with E-state index in [-0.39, 0.29) is 6.61 Å². The third kappa shape index (κ3) is 2.40. The Bertz CT molecular complexity index is 456. The third-order valence-corrected chi connectivity index (χ3v) is 4.82. The lowest BCUT2D eigenvalue weighted by Crippen LogP contribution is -2.30. The van der Waals surface area contributed by atoms with Gasteiger partial charge in [-0.1, -0.05) is 11.8 Å². The summed E-state index contributed by atoms with van der Waals surface area (Å²) in [4.78, 5) is 5.10. The normalized spacial score (nSPS) is 27.1. The van der Waals surface area contributed by atoms with E-state index in [9.17, 15) is 0 Å². The minimum Gasteiger partial charge on any atom is -0.384 e. The zero-order chi connectivity index (χ0) is 11.7. The molecule has 1 N–H and O–H groups in total. The van der Waals surface area contributed by atoms with Crippen molar-refractivity contribution in [3.8, 4) is 11.8 Å². The van der Waals surface area contributed by atoms with E-state index in [4.69, 9.17) is 5.11 Å². The first kappa shape index (κ1) is 11.3. The highest BCUT2D eigenvalue weighted by atomic mass is 32.1. The fourth-order valence-electron chi connectivity index (χ4n) is 3.08. The van der Waals surface area contributed by atoms with Crippen LogP contribution in [0.4, 0.5) is 0 Å². The molecule has 2 bridgehead atoms. The molecule has 0 amide bonds. The molecule has 2 nitrogen and oxygen atoms in total. The Morgan fingerprint density at radius 2 is 2.35 bits per heavy atom. The second-order valence-corrected chi connectivity index (χ2v) is 6.16. The van der Waals surface area contributed by atoms with E-state index >= 15 is 0 Å². The summed E-state index contributed by atoms with van der Waals surface area (Å²) in [6.45, 7) is 2.33. The molecule has 2 heterocycles. The topological polar surface area (TPSA) is 23.5 Å². The highest BCUT2D eigenvalue weighted by Gasteiger charge is 2.37. The van der Waals surface area contributed by atoms with Gasteiger partial charge in [0.2, 0.25) is 0 Å². The monoisotopic (exact) mass is 247 g/mol. The van der Waals surface area contributed by atoms with Crippen molar-refractivity contribution >= 4 is 11.3 Å². The molecule has 0 spiro atoms. The predicted molar refractivity (Wildman–Crippen MR) is 69.8 cm³/mol. The Labute approximate surface area is 106 Å². The molecule has 3 heteroatoms. The molecular weight excluding hydrogens is 230 g/mol. The maximum absolute atomic E-state index is 8.66. The van der Waals surface area contributed by atoms with Crippen LogP contribution in [0.5, 0.6) is 0 Å². The van der Waals surface area contributed by atoms with Crippen molar-refractivity contribution in [1.82, 2.24) is 4.90 Å². The molecule has 1 saturated heterocycles. The zero-order valence-electron chi connectivity index (χ0n) is 9.85. The van der Waals surface area contributed by atoms with Crippen LogP contribution in [0.15, 0.2) is 12.1 Å². The highest BCUT2D eigenvalue weighted by molar-refractivity contribution is 7.12. The number of piperidine rings is 1. The van der Waals surface area contributed by atoms with Crippen LogP contribution >= 0.6 is 11.3 Å². The number of thiophene rings is 1. The Morgan fingerprint density at radius 1 is 1.41 bits per heavy atom. The fraction of sp³-hybridized carbons (Fsp3) is 0.571. The van der Waals surface area contributed by atoms with Crippen molar-refractivity contribution in [2.24, 2.45) is 5.92 Å².